The number of amides is 1. The lowest BCUT2D eigenvalue weighted by Crippen LogP contribution is -2.50. The molecule has 1 heterocycles. The fourth-order valence-electron chi connectivity index (χ4n) is 2.17. The van der Waals surface area contributed by atoms with Crippen molar-refractivity contribution in [3.63, 3.8) is 0 Å². The second kappa shape index (κ2) is 6.02. The first-order chi connectivity index (χ1) is 8.82. The van der Waals surface area contributed by atoms with E-state index in [4.69, 9.17) is 5.26 Å². The summed E-state index contributed by atoms with van der Waals surface area (Å²) in [6.07, 6.45) is -0.112. The zero-order valence-electron chi connectivity index (χ0n) is 10.8. The van der Waals surface area contributed by atoms with Crippen molar-refractivity contribution in [2.24, 2.45) is 0 Å². The van der Waals surface area contributed by atoms with Gasteiger partial charge in [0.25, 0.3) is 0 Å². The Morgan fingerprint density at radius 1 is 1.53 bits per heavy atom. The van der Waals surface area contributed by atoms with E-state index >= 15 is 0 Å². The van der Waals surface area contributed by atoms with E-state index in [0.29, 0.717) is 0 Å². The van der Waals surface area contributed by atoms with E-state index in [-0.39, 0.29) is 17.9 Å². The van der Waals surface area contributed by atoms with Gasteiger partial charge in [-0.3, -0.25) is 4.79 Å². The first kappa shape index (κ1) is 15.4. The molecule has 2 atom stereocenters. The number of methoxy groups -OCH3 is 1. The van der Waals surface area contributed by atoms with Crippen molar-refractivity contribution in [2.45, 2.75) is 31.8 Å². The first-order valence-corrected chi connectivity index (χ1v) is 7.61. The second-order valence-electron chi connectivity index (χ2n) is 4.39. The van der Waals surface area contributed by atoms with Gasteiger partial charge in [-0.2, -0.15) is 5.26 Å². The van der Waals surface area contributed by atoms with Crippen LogP contribution in [0.3, 0.4) is 0 Å². The highest BCUT2D eigenvalue weighted by Gasteiger charge is 2.39. The molecule has 0 aliphatic carbocycles. The van der Waals surface area contributed by atoms with E-state index in [9.17, 15) is 18.0 Å². The topological polar surface area (TPSA) is 105 Å². The lowest BCUT2D eigenvalue weighted by molar-refractivity contribution is -0.153. The molecule has 19 heavy (non-hydrogen) atoms. The third-order valence-corrected chi connectivity index (χ3v) is 4.83. The van der Waals surface area contributed by atoms with Crippen LogP contribution >= 0.6 is 0 Å². The van der Waals surface area contributed by atoms with Crippen LogP contribution in [0.25, 0.3) is 0 Å². The summed E-state index contributed by atoms with van der Waals surface area (Å²) in [6.45, 7) is 1.46. The molecule has 1 amide bonds. The molecule has 0 saturated carbocycles. The van der Waals surface area contributed by atoms with Crippen LogP contribution in [0.4, 0.5) is 0 Å². The molecular weight excluding hydrogens is 272 g/mol. The first-order valence-electron chi connectivity index (χ1n) is 5.78. The van der Waals surface area contributed by atoms with Crippen LogP contribution in [-0.2, 0) is 24.2 Å². The summed E-state index contributed by atoms with van der Waals surface area (Å²) < 4.78 is 27.5. The Balaban J connectivity index is 2.97. The van der Waals surface area contributed by atoms with E-state index in [1.54, 1.807) is 6.07 Å². The maximum absolute atomic E-state index is 11.9. The number of carbonyl (C=O) groups excluding carboxylic acids is 2. The third kappa shape index (κ3) is 3.67. The van der Waals surface area contributed by atoms with Gasteiger partial charge in [-0.05, 0) is 13.3 Å². The van der Waals surface area contributed by atoms with Gasteiger partial charge in [-0.15, -0.1) is 0 Å². The molecule has 0 bridgehead atoms. The molecule has 1 fully saturated rings. The molecule has 0 radical (unpaired) electrons. The summed E-state index contributed by atoms with van der Waals surface area (Å²) in [7, 11) is -1.99. The SMILES string of the molecule is COC(=O)[C@H](C)N(C(=O)CC#N)[C@H]1CCS(=O)(=O)C1. The van der Waals surface area contributed by atoms with Crippen LogP contribution in [0.2, 0.25) is 0 Å². The van der Waals surface area contributed by atoms with Gasteiger partial charge in [0.1, 0.15) is 12.5 Å². The van der Waals surface area contributed by atoms with Crippen LogP contribution in [0, 0.1) is 11.3 Å². The number of esters is 1. The largest absolute Gasteiger partial charge is 0.467 e. The average molecular weight is 288 g/mol. The van der Waals surface area contributed by atoms with Gasteiger partial charge in [0.05, 0.1) is 24.7 Å². The molecular formula is C11H16N2O5S. The van der Waals surface area contributed by atoms with Gasteiger partial charge in [0.2, 0.25) is 5.91 Å². The summed E-state index contributed by atoms with van der Waals surface area (Å²) >= 11 is 0. The number of nitrogens with zero attached hydrogens (tertiary/aromatic N) is 2. The Morgan fingerprint density at radius 3 is 2.58 bits per heavy atom. The molecule has 7 nitrogen and oxygen atoms in total. The summed E-state index contributed by atoms with van der Waals surface area (Å²) in [5, 5.41) is 8.58. The van der Waals surface area contributed by atoms with Crippen molar-refractivity contribution in [2.75, 3.05) is 18.6 Å². The van der Waals surface area contributed by atoms with Crippen molar-refractivity contribution in [1.82, 2.24) is 4.90 Å². The standard InChI is InChI=1S/C11H16N2O5S/c1-8(11(15)18-2)13(10(14)3-5-12)9-4-6-19(16,17)7-9/h8-9H,3-4,6-7H2,1-2H3/t8-,9-/m0/s1. The summed E-state index contributed by atoms with van der Waals surface area (Å²) in [6, 6.07) is 0.243. The van der Waals surface area contributed by atoms with E-state index in [1.165, 1.54) is 18.9 Å². The molecule has 1 rings (SSSR count). The highest BCUT2D eigenvalue weighted by Crippen LogP contribution is 2.21. The number of hydrogen-bond donors (Lipinski definition) is 0. The van der Waals surface area contributed by atoms with E-state index < -0.39 is 40.2 Å². The van der Waals surface area contributed by atoms with Crippen LogP contribution in [0.5, 0.6) is 0 Å². The normalized spacial score (nSPS) is 22.3. The summed E-state index contributed by atoms with van der Waals surface area (Å²) in [5.41, 5.74) is 0. The Morgan fingerprint density at radius 2 is 2.16 bits per heavy atom. The van der Waals surface area contributed by atoms with E-state index in [0.717, 1.165) is 0 Å². The molecule has 0 spiro atoms. The van der Waals surface area contributed by atoms with Gasteiger partial charge in [-0.25, -0.2) is 13.2 Å². The predicted molar refractivity (Wildman–Crippen MR) is 65.6 cm³/mol. The number of nitriles is 1. The van der Waals surface area contributed by atoms with Gasteiger partial charge >= 0.3 is 5.97 Å². The highest BCUT2D eigenvalue weighted by molar-refractivity contribution is 7.91. The Bertz CT molecular complexity index is 508. The lowest BCUT2D eigenvalue weighted by Gasteiger charge is -2.31. The number of sulfone groups is 1. The minimum atomic E-state index is -3.18. The van der Waals surface area contributed by atoms with Crippen molar-refractivity contribution < 1.29 is 22.7 Å². The average Bonchev–Trinajstić information content (AvgIpc) is 2.69. The Hall–Kier alpha value is -1.62. The fourth-order valence-corrected chi connectivity index (χ4v) is 3.89. The van der Waals surface area contributed by atoms with Gasteiger partial charge in [0, 0.05) is 6.04 Å². The maximum atomic E-state index is 11.9. The quantitative estimate of drug-likeness (QED) is 0.644. The van der Waals surface area contributed by atoms with Crippen molar-refractivity contribution in [3.05, 3.63) is 0 Å². The molecule has 1 saturated heterocycles. The van der Waals surface area contributed by atoms with Crippen LogP contribution in [0.15, 0.2) is 0 Å². The van der Waals surface area contributed by atoms with Gasteiger partial charge < -0.3 is 9.64 Å². The maximum Gasteiger partial charge on any atom is 0.328 e. The number of hydrogen-bond acceptors (Lipinski definition) is 6. The lowest BCUT2D eigenvalue weighted by atomic mass is 10.1. The molecule has 8 heteroatoms. The molecule has 0 aromatic heterocycles. The molecule has 0 N–H and O–H groups in total. The third-order valence-electron chi connectivity index (χ3n) is 3.08. The van der Waals surface area contributed by atoms with E-state index in [2.05, 4.69) is 4.74 Å². The highest BCUT2D eigenvalue weighted by atomic mass is 32.2. The van der Waals surface area contributed by atoms with Crippen LogP contribution in [0.1, 0.15) is 19.8 Å². The van der Waals surface area contributed by atoms with Crippen LogP contribution in [-0.4, -0.2) is 55.9 Å². The molecule has 1 aliphatic rings. The Kier molecular flexibility index (Phi) is 4.89. The summed E-state index contributed by atoms with van der Waals surface area (Å²) in [5.74, 6) is -1.37. The zero-order chi connectivity index (χ0) is 14.6. The smallest absolute Gasteiger partial charge is 0.328 e. The number of carbonyl (C=O) groups is 2. The molecule has 0 aromatic rings. The molecule has 1 aliphatic heterocycles. The zero-order valence-corrected chi connectivity index (χ0v) is 11.6. The summed E-state index contributed by atoms with van der Waals surface area (Å²) in [4.78, 5) is 24.6. The minimum absolute atomic E-state index is 0.0120. The Labute approximate surface area is 112 Å². The van der Waals surface area contributed by atoms with Gasteiger partial charge in [-0.1, -0.05) is 0 Å². The van der Waals surface area contributed by atoms with Crippen molar-refractivity contribution in [1.29, 1.82) is 5.26 Å². The van der Waals surface area contributed by atoms with E-state index in [1.807, 2.05) is 0 Å². The molecule has 0 unspecified atom stereocenters. The molecule has 106 valence electrons. The molecule has 0 aromatic carbocycles. The number of rotatable bonds is 4. The van der Waals surface area contributed by atoms with Crippen LogP contribution < -0.4 is 0 Å². The fraction of sp³-hybridized carbons (Fsp3) is 0.727. The van der Waals surface area contributed by atoms with Gasteiger partial charge in [0.15, 0.2) is 9.84 Å². The second-order valence-corrected chi connectivity index (χ2v) is 6.62. The minimum Gasteiger partial charge on any atom is -0.467 e. The predicted octanol–water partition coefficient (Wildman–Crippen LogP) is -0.523. The van der Waals surface area contributed by atoms with Crippen molar-refractivity contribution >= 4 is 21.7 Å². The number of ether oxygens (including phenoxy) is 1. The van der Waals surface area contributed by atoms with Crippen molar-refractivity contribution in [3.8, 4) is 6.07 Å². The monoisotopic (exact) mass is 288 g/mol.